The Bertz CT molecular complexity index is 782. The molecule has 0 bridgehead atoms. The lowest BCUT2D eigenvalue weighted by molar-refractivity contribution is -0.118. The molecule has 4 N–H and O–H groups in total. The van der Waals surface area contributed by atoms with E-state index < -0.39 is 0 Å². The molecule has 0 unspecified atom stereocenters. The first-order chi connectivity index (χ1) is 10.2. The number of H-pyrrole nitrogens is 1. The number of nitrogen functional groups attached to an aromatic ring is 1. The Morgan fingerprint density at radius 2 is 2.10 bits per heavy atom. The van der Waals surface area contributed by atoms with E-state index in [0.717, 1.165) is 10.9 Å². The number of hydrogen-bond donors (Lipinski definition) is 3. The zero-order chi connectivity index (χ0) is 14.7. The molecule has 0 radical (unpaired) electrons. The van der Waals surface area contributed by atoms with E-state index in [1.54, 1.807) is 24.4 Å². The number of nitrogens with two attached hydrogens (primary N) is 1. The second-order valence-corrected chi connectivity index (χ2v) is 4.51. The van der Waals surface area contributed by atoms with Gasteiger partial charge in [-0.15, -0.1) is 0 Å². The first-order valence-electron chi connectivity index (χ1n) is 6.43. The Labute approximate surface area is 120 Å². The van der Waals surface area contributed by atoms with Gasteiger partial charge < -0.3 is 15.8 Å². The second kappa shape index (κ2) is 5.54. The molecule has 0 saturated heterocycles. The highest BCUT2D eigenvalue weighted by molar-refractivity contribution is 6.01. The molecule has 0 atom stereocenters. The fourth-order valence-corrected chi connectivity index (χ4v) is 2.02. The molecule has 0 fully saturated rings. The molecule has 1 aromatic heterocycles. The summed E-state index contributed by atoms with van der Waals surface area (Å²) in [7, 11) is 0. The Kier molecular flexibility index (Phi) is 3.42. The molecule has 6 nitrogen and oxygen atoms in total. The van der Waals surface area contributed by atoms with E-state index in [1.807, 2.05) is 24.3 Å². The summed E-state index contributed by atoms with van der Waals surface area (Å²) >= 11 is 0. The molecular formula is C15H14N4O2. The Balaban J connectivity index is 1.67. The predicted octanol–water partition coefficient (Wildman–Crippen LogP) is 2.16. The standard InChI is InChI=1S/C15H14N4O2/c16-11-4-1-2-7-14(11)21-9-15(20)18-12-5-3-6-13-10(12)8-17-19-13/h1-8H,9,16H2,(H,17,19)(H,18,20). The van der Waals surface area contributed by atoms with Crippen molar-refractivity contribution < 1.29 is 9.53 Å². The van der Waals surface area contributed by atoms with E-state index in [0.29, 0.717) is 17.1 Å². The molecule has 106 valence electrons. The van der Waals surface area contributed by atoms with Crippen molar-refractivity contribution in [2.75, 3.05) is 17.7 Å². The molecule has 0 spiro atoms. The summed E-state index contributed by atoms with van der Waals surface area (Å²) in [6, 6.07) is 12.6. The summed E-state index contributed by atoms with van der Waals surface area (Å²) in [6.45, 7) is -0.109. The van der Waals surface area contributed by atoms with E-state index in [4.69, 9.17) is 10.5 Å². The number of nitrogens with zero attached hydrogens (tertiary/aromatic N) is 1. The van der Waals surface area contributed by atoms with Crippen molar-refractivity contribution in [3.05, 3.63) is 48.7 Å². The normalized spacial score (nSPS) is 10.5. The number of para-hydroxylation sites is 2. The number of carbonyl (C=O) groups excluding carboxylic acids is 1. The monoisotopic (exact) mass is 282 g/mol. The number of rotatable bonds is 4. The maximum Gasteiger partial charge on any atom is 0.262 e. The molecule has 0 aliphatic rings. The molecule has 0 saturated carbocycles. The second-order valence-electron chi connectivity index (χ2n) is 4.51. The highest BCUT2D eigenvalue weighted by atomic mass is 16.5. The van der Waals surface area contributed by atoms with Crippen molar-refractivity contribution in [1.29, 1.82) is 0 Å². The lowest BCUT2D eigenvalue weighted by Crippen LogP contribution is -2.20. The van der Waals surface area contributed by atoms with E-state index in [9.17, 15) is 4.79 Å². The van der Waals surface area contributed by atoms with Crippen molar-refractivity contribution in [3.8, 4) is 5.75 Å². The Morgan fingerprint density at radius 1 is 1.24 bits per heavy atom. The Hall–Kier alpha value is -3.02. The van der Waals surface area contributed by atoms with Crippen molar-refractivity contribution >= 4 is 28.2 Å². The topological polar surface area (TPSA) is 93.0 Å². The number of anilines is 2. The van der Waals surface area contributed by atoms with Crippen LogP contribution in [0.2, 0.25) is 0 Å². The van der Waals surface area contributed by atoms with E-state index in [-0.39, 0.29) is 12.5 Å². The number of ether oxygens (including phenoxy) is 1. The van der Waals surface area contributed by atoms with Crippen molar-refractivity contribution in [1.82, 2.24) is 10.2 Å². The van der Waals surface area contributed by atoms with Crippen LogP contribution in [0.5, 0.6) is 5.75 Å². The van der Waals surface area contributed by atoms with Crippen LogP contribution in [0.1, 0.15) is 0 Å². The number of carbonyl (C=O) groups is 1. The van der Waals surface area contributed by atoms with Crippen LogP contribution in [0.25, 0.3) is 10.9 Å². The summed E-state index contributed by atoms with van der Waals surface area (Å²) in [4.78, 5) is 12.0. The average Bonchev–Trinajstić information content (AvgIpc) is 2.96. The van der Waals surface area contributed by atoms with Gasteiger partial charge in [-0.1, -0.05) is 18.2 Å². The van der Waals surface area contributed by atoms with Gasteiger partial charge in [-0.05, 0) is 24.3 Å². The van der Waals surface area contributed by atoms with Crippen LogP contribution in [-0.2, 0) is 4.79 Å². The summed E-state index contributed by atoms with van der Waals surface area (Å²) in [5.41, 5.74) is 7.81. The van der Waals surface area contributed by atoms with Crippen molar-refractivity contribution in [2.45, 2.75) is 0 Å². The molecular weight excluding hydrogens is 268 g/mol. The lowest BCUT2D eigenvalue weighted by Gasteiger charge is -2.09. The molecule has 0 aliphatic heterocycles. The number of hydrogen-bond acceptors (Lipinski definition) is 4. The molecule has 1 heterocycles. The van der Waals surface area contributed by atoms with Gasteiger partial charge in [0, 0.05) is 5.39 Å². The predicted molar refractivity (Wildman–Crippen MR) is 81.1 cm³/mol. The number of aromatic amines is 1. The van der Waals surface area contributed by atoms with Crippen LogP contribution in [0, 0.1) is 0 Å². The number of fused-ring (bicyclic) bond motifs is 1. The Morgan fingerprint density at radius 3 is 2.95 bits per heavy atom. The zero-order valence-electron chi connectivity index (χ0n) is 11.2. The first kappa shape index (κ1) is 13.0. The van der Waals surface area contributed by atoms with Gasteiger partial charge in [-0.2, -0.15) is 5.10 Å². The minimum atomic E-state index is -0.257. The molecule has 3 rings (SSSR count). The first-order valence-corrected chi connectivity index (χ1v) is 6.43. The summed E-state index contributed by atoms with van der Waals surface area (Å²) in [5.74, 6) is 0.237. The van der Waals surface area contributed by atoms with Gasteiger partial charge >= 0.3 is 0 Å². The summed E-state index contributed by atoms with van der Waals surface area (Å²) in [6.07, 6.45) is 1.67. The molecule has 1 amide bonds. The minimum absolute atomic E-state index is 0.109. The smallest absolute Gasteiger partial charge is 0.262 e. The molecule has 6 heteroatoms. The van der Waals surface area contributed by atoms with E-state index >= 15 is 0 Å². The van der Waals surface area contributed by atoms with Gasteiger partial charge in [-0.25, -0.2) is 0 Å². The third-order valence-corrected chi connectivity index (χ3v) is 3.04. The molecule has 3 aromatic rings. The van der Waals surface area contributed by atoms with Gasteiger partial charge in [0.1, 0.15) is 5.75 Å². The van der Waals surface area contributed by atoms with Crippen LogP contribution >= 0.6 is 0 Å². The zero-order valence-corrected chi connectivity index (χ0v) is 11.2. The quantitative estimate of drug-likeness (QED) is 0.639. The molecule has 2 aromatic carbocycles. The van der Waals surface area contributed by atoms with Crippen LogP contribution in [0.4, 0.5) is 11.4 Å². The van der Waals surface area contributed by atoms with E-state index in [1.165, 1.54) is 0 Å². The third kappa shape index (κ3) is 2.79. The lowest BCUT2D eigenvalue weighted by atomic mass is 10.2. The largest absolute Gasteiger partial charge is 0.482 e. The SMILES string of the molecule is Nc1ccccc1OCC(=O)Nc1cccc2[nH]ncc12. The number of amides is 1. The fourth-order valence-electron chi connectivity index (χ4n) is 2.02. The van der Waals surface area contributed by atoms with Crippen molar-refractivity contribution in [3.63, 3.8) is 0 Å². The highest BCUT2D eigenvalue weighted by Gasteiger charge is 2.08. The maximum absolute atomic E-state index is 12.0. The summed E-state index contributed by atoms with van der Waals surface area (Å²) in [5, 5.41) is 10.4. The van der Waals surface area contributed by atoms with Crippen LogP contribution in [-0.4, -0.2) is 22.7 Å². The van der Waals surface area contributed by atoms with Crippen molar-refractivity contribution in [2.24, 2.45) is 0 Å². The highest BCUT2D eigenvalue weighted by Crippen LogP contribution is 2.22. The van der Waals surface area contributed by atoms with E-state index in [2.05, 4.69) is 15.5 Å². The average molecular weight is 282 g/mol. The van der Waals surface area contributed by atoms with Gasteiger partial charge in [0.25, 0.3) is 5.91 Å². The number of nitrogens with one attached hydrogen (secondary N) is 2. The van der Waals surface area contributed by atoms with Gasteiger partial charge in [0.05, 0.1) is 23.1 Å². The number of aromatic nitrogens is 2. The molecule has 0 aliphatic carbocycles. The minimum Gasteiger partial charge on any atom is -0.482 e. The van der Waals surface area contributed by atoms with Gasteiger partial charge in [0.15, 0.2) is 6.61 Å². The number of benzene rings is 2. The van der Waals surface area contributed by atoms with Crippen LogP contribution in [0.3, 0.4) is 0 Å². The molecule has 21 heavy (non-hydrogen) atoms. The van der Waals surface area contributed by atoms with Crippen LogP contribution < -0.4 is 15.8 Å². The fraction of sp³-hybridized carbons (Fsp3) is 0.0667. The van der Waals surface area contributed by atoms with Gasteiger partial charge in [0.2, 0.25) is 0 Å². The van der Waals surface area contributed by atoms with Crippen LogP contribution in [0.15, 0.2) is 48.7 Å². The van der Waals surface area contributed by atoms with Gasteiger partial charge in [-0.3, -0.25) is 9.89 Å². The maximum atomic E-state index is 12.0. The third-order valence-electron chi connectivity index (χ3n) is 3.04. The summed E-state index contributed by atoms with van der Waals surface area (Å²) < 4.78 is 5.40.